The van der Waals surface area contributed by atoms with Crippen LogP contribution in [0.2, 0.25) is 5.02 Å². The number of anilines is 2. The van der Waals surface area contributed by atoms with Gasteiger partial charge in [0.25, 0.3) is 0 Å². The van der Waals surface area contributed by atoms with Crippen molar-refractivity contribution in [1.82, 2.24) is 4.98 Å². The van der Waals surface area contributed by atoms with Crippen molar-refractivity contribution in [2.75, 3.05) is 17.2 Å². The molecule has 0 radical (unpaired) electrons. The maximum Gasteiger partial charge on any atom is 0.134 e. The molecule has 0 amide bonds. The molecule has 2 N–H and O–H groups in total. The van der Waals surface area contributed by atoms with Crippen LogP contribution in [0.4, 0.5) is 15.9 Å². The molecule has 0 unspecified atom stereocenters. The molecule has 5 heteroatoms. The Kier molecular flexibility index (Phi) is 4.95. The van der Waals surface area contributed by atoms with E-state index in [-0.39, 0.29) is 5.82 Å². The van der Waals surface area contributed by atoms with Crippen molar-refractivity contribution in [3.63, 3.8) is 0 Å². The number of fused-ring (bicyclic) bond motifs is 2. The van der Waals surface area contributed by atoms with Crippen LogP contribution < -0.4 is 10.6 Å². The molecular weight excluding hydrogens is 397 g/mol. The highest BCUT2D eigenvalue weighted by atomic mass is 35.5. The van der Waals surface area contributed by atoms with E-state index in [2.05, 4.69) is 23.6 Å². The highest BCUT2D eigenvalue weighted by molar-refractivity contribution is 6.33. The Balaban J connectivity index is 1.63. The van der Waals surface area contributed by atoms with E-state index in [1.54, 1.807) is 12.1 Å². The maximum atomic E-state index is 14.0. The number of hydrogen-bond donors (Lipinski definition) is 2. The molecule has 0 saturated heterocycles. The van der Waals surface area contributed by atoms with E-state index < -0.39 is 0 Å². The molecule has 3 aromatic rings. The Labute approximate surface area is 181 Å². The Bertz CT molecular complexity index is 1170. The highest BCUT2D eigenvalue weighted by Gasteiger charge is 2.22. The standard InChI is InChI=1S/C25H23ClFN3/c1-15-14-28-22-11-10-17(27)13-20(22)24(15)30-25-18-7-3-2-6-16(18)12-23(29-25)19-8-4-5-9-21(19)26/h4-5,8-13,28H,2-3,6-7,14H2,1H3,(H,29,30). The highest BCUT2D eigenvalue weighted by Crippen LogP contribution is 2.37. The number of aryl methyl sites for hydroxylation is 1. The van der Waals surface area contributed by atoms with E-state index in [0.717, 1.165) is 58.9 Å². The second-order valence-corrected chi connectivity index (χ2v) is 8.41. The maximum absolute atomic E-state index is 14.0. The summed E-state index contributed by atoms with van der Waals surface area (Å²) in [5, 5.41) is 7.64. The van der Waals surface area contributed by atoms with Gasteiger partial charge in [0, 0.05) is 34.1 Å². The molecule has 1 aromatic heterocycles. The van der Waals surface area contributed by atoms with Gasteiger partial charge in [-0.25, -0.2) is 9.37 Å². The predicted octanol–water partition coefficient (Wildman–Crippen LogP) is 6.69. The van der Waals surface area contributed by atoms with E-state index in [0.29, 0.717) is 11.6 Å². The predicted molar refractivity (Wildman–Crippen MR) is 122 cm³/mol. The Morgan fingerprint density at radius 2 is 1.87 bits per heavy atom. The second-order valence-electron chi connectivity index (χ2n) is 8.00. The van der Waals surface area contributed by atoms with Crippen LogP contribution in [-0.4, -0.2) is 11.5 Å². The number of nitrogens with zero attached hydrogens (tertiary/aromatic N) is 1. The topological polar surface area (TPSA) is 37.0 Å². The van der Waals surface area contributed by atoms with Gasteiger partial charge in [-0.2, -0.15) is 0 Å². The van der Waals surface area contributed by atoms with Gasteiger partial charge in [-0.1, -0.05) is 29.8 Å². The van der Waals surface area contributed by atoms with Gasteiger partial charge in [-0.05, 0) is 79.6 Å². The Morgan fingerprint density at radius 3 is 2.73 bits per heavy atom. The molecule has 2 aliphatic rings. The van der Waals surface area contributed by atoms with Gasteiger partial charge in [-0.3, -0.25) is 0 Å². The first-order valence-corrected chi connectivity index (χ1v) is 10.8. The molecule has 30 heavy (non-hydrogen) atoms. The van der Waals surface area contributed by atoms with Crippen LogP contribution >= 0.6 is 11.6 Å². The van der Waals surface area contributed by atoms with E-state index in [1.165, 1.54) is 23.6 Å². The fraction of sp³-hybridized carbons (Fsp3) is 0.240. The summed E-state index contributed by atoms with van der Waals surface area (Å²) >= 11 is 6.47. The fourth-order valence-corrected chi connectivity index (χ4v) is 4.60. The van der Waals surface area contributed by atoms with Gasteiger partial charge in [0.05, 0.1) is 5.69 Å². The lowest BCUT2D eigenvalue weighted by atomic mass is 9.90. The average Bonchev–Trinajstić information content (AvgIpc) is 2.76. The third-order valence-corrected chi connectivity index (χ3v) is 6.28. The quantitative estimate of drug-likeness (QED) is 0.496. The van der Waals surface area contributed by atoms with Crippen LogP contribution in [0.5, 0.6) is 0 Å². The lowest BCUT2D eigenvalue weighted by molar-refractivity contribution is 0.627. The van der Waals surface area contributed by atoms with Crippen LogP contribution in [-0.2, 0) is 12.8 Å². The minimum atomic E-state index is -0.246. The zero-order chi connectivity index (χ0) is 20.7. The number of hydrogen-bond acceptors (Lipinski definition) is 3. The monoisotopic (exact) mass is 419 g/mol. The molecule has 0 spiro atoms. The SMILES string of the molecule is CC1=C(Nc2nc(-c3ccccc3Cl)cc3c2CCCC3)c2cc(F)ccc2NC1. The first-order valence-electron chi connectivity index (χ1n) is 10.4. The summed E-state index contributed by atoms with van der Waals surface area (Å²) in [6.45, 7) is 2.78. The minimum Gasteiger partial charge on any atom is -0.381 e. The molecule has 1 aliphatic carbocycles. The number of nitrogens with one attached hydrogen (secondary N) is 2. The number of halogens is 2. The third kappa shape index (κ3) is 3.46. The largest absolute Gasteiger partial charge is 0.381 e. The van der Waals surface area contributed by atoms with Gasteiger partial charge in [0.2, 0.25) is 0 Å². The van der Waals surface area contributed by atoms with Crippen LogP contribution in [0, 0.1) is 5.82 Å². The summed E-state index contributed by atoms with van der Waals surface area (Å²) in [5.74, 6) is 0.609. The van der Waals surface area contributed by atoms with Crippen molar-refractivity contribution in [3.8, 4) is 11.3 Å². The third-order valence-electron chi connectivity index (χ3n) is 5.95. The molecule has 2 heterocycles. The number of benzene rings is 2. The van der Waals surface area contributed by atoms with Gasteiger partial charge in [0.1, 0.15) is 11.6 Å². The molecule has 2 aromatic carbocycles. The van der Waals surface area contributed by atoms with Crippen molar-refractivity contribution in [2.24, 2.45) is 0 Å². The van der Waals surface area contributed by atoms with Gasteiger partial charge < -0.3 is 10.6 Å². The van der Waals surface area contributed by atoms with Crippen LogP contribution in [0.25, 0.3) is 17.0 Å². The van der Waals surface area contributed by atoms with E-state index in [9.17, 15) is 4.39 Å². The smallest absolute Gasteiger partial charge is 0.134 e. The molecule has 0 saturated carbocycles. The van der Waals surface area contributed by atoms with Gasteiger partial charge in [0.15, 0.2) is 0 Å². The molecule has 0 atom stereocenters. The number of pyridine rings is 1. The number of rotatable bonds is 3. The lowest BCUT2D eigenvalue weighted by Crippen LogP contribution is -2.18. The minimum absolute atomic E-state index is 0.246. The summed E-state index contributed by atoms with van der Waals surface area (Å²) in [7, 11) is 0. The average molecular weight is 420 g/mol. The normalized spacial score (nSPS) is 15.3. The Morgan fingerprint density at radius 1 is 1.03 bits per heavy atom. The molecule has 152 valence electrons. The first kappa shape index (κ1) is 19.1. The Hall–Kier alpha value is -2.85. The number of aromatic nitrogens is 1. The van der Waals surface area contributed by atoms with Crippen molar-refractivity contribution in [1.29, 1.82) is 0 Å². The zero-order valence-corrected chi connectivity index (χ0v) is 17.6. The molecular formula is C25H23ClFN3. The summed E-state index contributed by atoms with van der Waals surface area (Å²) in [6.07, 6.45) is 4.36. The first-order chi connectivity index (χ1) is 14.6. The molecule has 1 aliphatic heterocycles. The van der Waals surface area contributed by atoms with Gasteiger partial charge in [-0.15, -0.1) is 0 Å². The fourth-order valence-electron chi connectivity index (χ4n) is 4.37. The zero-order valence-electron chi connectivity index (χ0n) is 16.9. The summed E-state index contributed by atoms with van der Waals surface area (Å²) < 4.78 is 14.0. The van der Waals surface area contributed by atoms with Crippen LogP contribution in [0.3, 0.4) is 0 Å². The van der Waals surface area contributed by atoms with Crippen molar-refractivity contribution >= 4 is 28.8 Å². The van der Waals surface area contributed by atoms with Crippen molar-refractivity contribution in [3.05, 3.63) is 81.6 Å². The van der Waals surface area contributed by atoms with Crippen molar-refractivity contribution < 1.29 is 4.39 Å². The lowest BCUT2D eigenvalue weighted by Gasteiger charge is -2.27. The van der Waals surface area contributed by atoms with Crippen LogP contribution in [0.1, 0.15) is 36.5 Å². The second kappa shape index (κ2) is 7.77. The van der Waals surface area contributed by atoms with E-state index in [4.69, 9.17) is 16.6 Å². The molecule has 5 rings (SSSR count). The molecule has 3 nitrogen and oxygen atoms in total. The summed E-state index contributed by atoms with van der Waals surface area (Å²) in [4.78, 5) is 5.00. The van der Waals surface area contributed by atoms with E-state index >= 15 is 0 Å². The summed E-state index contributed by atoms with van der Waals surface area (Å²) in [6, 6.07) is 14.8. The van der Waals surface area contributed by atoms with E-state index in [1.807, 2.05) is 24.3 Å². The molecule has 0 fully saturated rings. The van der Waals surface area contributed by atoms with Crippen molar-refractivity contribution in [2.45, 2.75) is 32.6 Å². The van der Waals surface area contributed by atoms with Crippen LogP contribution in [0.15, 0.2) is 54.1 Å². The van der Waals surface area contributed by atoms with Gasteiger partial charge >= 0.3 is 0 Å². The summed E-state index contributed by atoms with van der Waals surface area (Å²) in [5.41, 5.74) is 8.21. The molecule has 0 bridgehead atoms.